The smallest absolute Gasteiger partial charge is 0.130 e. The summed E-state index contributed by atoms with van der Waals surface area (Å²) in [5, 5.41) is 10.4. The molecule has 0 saturated heterocycles. The molecule has 1 nitrogen and oxygen atoms in total. The summed E-state index contributed by atoms with van der Waals surface area (Å²) >= 11 is 13.7. The fourth-order valence-electron chi connectivity index (χ4n) is 1.43. The van der Waals surface area contributed by atoms with Crippen molar-refractivity contribution in [2.75, 3.05) is 0 Å². The van der Waals surface area contributed by atoms with Crippen LogP contribution in [0.2, 0.25) is 5.02 Å². The molecule has 17 heavy (non-hydrogen) atoms. The van der Waals surface area contributed by atoms with Crippen molar-refractivity contribution >= 4 is 54.8 Å². The fraction of sp³-hybridized carbons (Fsp3) is 0.0909. The maximum Gasteiger partial charge on any atom is 0.130 e. The average Bonchev–Trinajstić information content (AvgIpc) is 2.57. The van der Waals surface area contributed by atoms with Gasteiger partial charge in [-0.1, -0.05) is 17.7 Å². The quantitative estimate of drug-likeness (QED) is 0.739. The summed E-state index contributed by atoms with van der Waals surface area (Å²) in [4.78, 5) is 0. The van der Waals surface area contributed by atoms with E-state index in [4.69, 9.17) is 11.6 Å². The topological polar surface area (TPSA) is 20.2 Å². The minimum atomic E-state index is -1.01. The van der Waals surface area contributed by atoms with Crippen molar-refractivity contribution in [3.05, 3.63) is 53.8 Å². The Kier molecular flexibility index (Phi) is 4.26. The summed E-state index contributed by atoms with van der Waals surface area (Å²) < 4.78 is 15.3. The van der Waals surface area contributed by atoms with E-state index in [-0.39, 0.29) is 5.56 Å². The normalized spacial score (nSPS) is 12.8. The summed E-state index contributed by atoms with van der Waals surface area (Å²) in [5.41, 5.74) is 0.837. The molecule has 1 atom stereocenters. The van der Waals surface area contributed by atoms with Gasteiger partial charge in [-0.2, -0.15) is 0 Å². The van der Waals surface area contributed by atoms with E-state index in [1.165, 1.54) is 23.5 Å². The van der Waals surface area contributed by atoms with Crippen LogP contribution in [0.5, 0.6) is 0 Å². The van der Waals surface area contributed by atoms with Crippen LogP contribution in [0.3, 0.4) is 0 Å². The Morgan fingerprint density at radius 3 is 2.47 bits per heavy atom. The second-order valence-corrected chi connectivity index (χ2v) is 7.53. The number of benzene rings is 1. The summed E-state index contributed by atoms with van der Waals surface area (Å²) in [6.07, 6.45) is -1.01. The molecule has 1 heterocycles. The van der Waals surface area contributed by atoms with Gasteiger partial charge in [-0.25, -0.2) is 4.39 Å². The number of rotatable bonds is 2. The van der Waals surface area contributed by atoms with E-state index >= 15 is 0 Å². The highest BCUT2D eigenvalue weighted by molar-refractivity contribution is 9.12. The SMILES string of the molecule is OC(c1ccc(Cl)cc1F)c1cc(Br)sc1Br. The van der Waals surface area contributed by atoms with Gasteiger partial charge < -0.3 is 5.11 Å². The van der Waals surface area contributed by atoms with Crippen molar-refractivity contribution in [1.82, 2.24) is 0 Å². The van der Waals surface area contributed by atoms with Crippen molar-refractivity contribution in [3.8, 4) is 0 Å². The van der Waals surface area contributed by atoms with Crippen LogP contribution in [0.1, 0.15) is 17.2 Å². The highest BCUT2D eigenvalue weighted by Gasteiger charge is 2.19. The second-order valence-electron chi connectivity index (χ2n) is 3.35. The Morgan fingerprint density at radius 1 is 1.24 bits per heavy atom. The van der Waals surface area contributed by atoms with Gasteiger partial charge >= 0.3 is 0 Å². The molecule has 0 aliphatic rings. The van der Waals surface area contributed by atoms with E-state index < -0.39 is 11.9 Å². The minimum Gasteiger partial charge on any atom is -0.383 e. The number of hydrogen-bond donors (Lipinski definition) is 1. The lowest BCUT2D eigenvalue weighted by atomic mass is 10.0. The standard InChI is InChI=1S/C11H6Br2ClFOS/c12-9-4-7(11(13)17-9)10(16)6-2-1-5(14)3-8(6)15/h1-4,10,16H. The third-order valence-corrected chi connectivity index (χ3v) is 4.86. The highest BCUT2D eigenvalue weighted by atomic mass is 79.9. The molecule has 0 bridgehead atoms. The van der Waals surface area contributed by atoms with E-state index in [0.717, 1.165) is 7.57 Å². The van der Waals surface area contributed by atoms with Gasteiger partial charge in [0.25, 0.3) is 0 Å². The van der Waals surface area contributed by atoms with Crippen LogP contribution in [0, 0.1) is 5.82 Å². The molecule has 0 aliphatic carbocycles. The molecule has 2 aromatic rings. The Balaban J connectivity index is 2.43. The average molecular weight is 400 g/mol. The molecular weight excluding hydrogens is 394 g/mol. The van der Waals surface area contributed by atoms with Gasteiger partial charge in [0.15, 0.2) is 0 Å². The third kappa shape index (κ3) is 2.90. The molecule has 0 radical (unpaired) electrons. The van der Waals surface area contributed by atoms with E-state index in [1.54, 1.807) is 12.1 Å². The van der Waals surface area contributed by atoms with E-state index in [9.17, 15) is 9.50 Å². The van der Waals surface area contributed by atoms with Crippen molar-refractivity contribution in [2.45, 2.75) is 6.10 Å². The van der Waals surface area contributed by atoms with Crippen LogP contribution in [0.25, 0.3) is 0 Å². The first-order chi connectivity index (χ1) is 7.99. The molecule has 1 aromatic carbocycles. The summed E-state index contributed by atoms with van der Waals surface area (Å²) in [7, 11) is 0. The summed E-state index contributed by atoms with van der Waals surface area (Å²) in [5.74, 6) is -0.515. The first-order valence-corrected chi connectivity index (χ1v) is 7.35. The van der Waals surface area contributed by atoms with Crippen LogP contribution in [-0.4, -0.2) is 5.11 Å². The molecule has 1 N–H and O–H groups in total. The van der Waals surface area contributed by atoms with Gasteiger partial charge in [0.1, 0.15) is 11.9 Å². The number of thiophene rings is 1. The van der Waals surface area contributed by atoms with Crippen molar-refractivity contribution < 1.29 is 9.50 Å². The predicted molar refractivity (Wildman–Crippen MR) is 75.2 cm³/mol. The molecule has 6 heteroatoms. The zero-order valence-electron chi connectivity index (χ0n) is 8.25. The molecule has 0 saturated carbocycles. The molecule has 0 amide bonds. The second kappa shape index (κ2) is 5.36. The Morgan fingerprint density at radius 2 is 1.94 bits per heavy atom. The molecule has 0 fully saturated rings. The first-order valence-electron chi connectivity index (χ1n) is 4.57. The number of halogens is 4. The van der Waals surface area contributed by atoms with Crippen molar-refractivity contribution in [3.63, 3.8) is 0 Å². The first kappa shape index (κ1) is 13.5. The third-order valence-electron chi connectivity index (χ3n) is 2.23. The van der Waals surface area contributed by atoms with Crippen LogP contribution in [0.4, 0.5) is 4.39 Å². The van der Waals surface area contributed by atoms with Gasteiger partial charge in [-0.3, -0.25) is 0 Å². The number of hydrogen-bond acceptors (Lipinski definition) is 2. The zero-order valence-corrected chi connectivity index (χ0v) is 13.0. The Hall–Kier alpha value is 0.0600. The fourth-order valence-corrected chi connectivity index (χ4v) is 4.47. The van der Waals surface area contributed by atoms with E-state index in [2.05, 4.69) is 31.9 Å². The van der Waals surface area contributed by atoms with Gasteiger partial charge in [0.2, 0.25) is 0 Å². The van der Waals surface area contributed by atoms with Crippen LogP contribution in [0.15, 0.2) is 31.8 Å². The maximum absolute atomic E-state index is 13.7. The molecule has 1 unspecified atom stereocenters. The van der Waals surface area contributed by atoms with Crippen LogP contribution in [-0.2, 0) is 0 Å². The lowest BCUT2D eigenvalue weighted by molar-refractivity contribution is 0.215. The molecule has 1 aromatic heterocycles. The van der Waals surface area contributed by atoms with Gasteiger partial charge in [0.05, 0.1) is 7.57 Å². The lowest BCUT2D eigenvalue weighted by Crippen LogP contribution is -2.01. The van der Waals surface area contributed by atoms with Gasteiger partial charge in [-0.05, 0) is 50.1 Å². The molecule has 0 spiro atoms. The van der Waals surface area contributed by atoms with Crippen molar-refractivity contribution in [2.24, 2.45) is 0 Å². The number of aliphatic hydroxyl groups excluding tert-OH is 1. The van der Waals surface area contributed by atoms with E-state index in [1.807, 2.05) is 0 Å². The molecule has 0 aliphatic heterocycles. The molecular formula is C11H6Br2ClFOS. The summed E-state index contributed by atoms with van der Waals surface area (Å²) in [6.45, 7) is 0. The zero-order chi connectivity index (χ0) is 12.6. The lowest BCUT2D eigenvalue weighted by Gasteiger charge is -2.11. The van der Waals surface area contributed by atoms with Crippen molar-refractivity contribution in [1.29, 1.82) is 0 Å². The monoisotopic (exact) mass is 398 g/mol. The largest absolute Gasteiger partial charge is 0.383 e. The summed E-state index contributed by atoms with van der Waals surface area (Å²) in [6, 6.07) is 5.99. The van der Waals surface area contributed by atoms with Crippen LogP contribution < -0.4 is 0 Å². The Bertz CT molecular complexity index is 558. The highest BCUT2D eigenvalue weighted by Crippen LogP contribution is 2.38. The van der Waals surface area contributed by atoms with Gasteiger partial charge in [-0.15, -0.1) is 11.3 Å². The maximum atomic E-state index is 13.7. The predicted octanol–water partition coefficient (Wildman–Crippen LogP) is 5.15. The Labute approximate surface area is 123 Å². The van der Waals surface area contributed by atoms with E-state index in [0.29, 0.717) is 10.6 Å². The molecule has 2 rings (SSSR count). The minimum absolute atomic E-state index is 0.209. The molecule has 90 valence electrons. The number of aliphatic hydroxyl groups is 1. The van der Waals surface area contributed by atoms with Gasteiger partial charge in [0, 0.05) is 16.1 Å². The van der Waals surface area contributed by atoms with Crippen LogP contribution >= 0.6 is 54.8 Å².